The van der Waals surface area contributed by atoms with Gasteiger partial charge in [-0.05, 0) is 28.4 Å². The SMILES string of the molecule is CC(C(=O)NC1CC(c2ccccc2)NN1)n1cc(Br)cn1. The van der Waals surface area contributed by atoms with Crippen molar-refractivity contribution in [3.8, 4) is 0 Å². The maximum Gasteiger partial charge on any atom is 0.245 e. The molecule has 22 heavy (non-hydrogen) atoms. The molecule has 0 spiro atoms. The molecule has 116 valence electrons. The number of carbonyl (C=O) groups is 1. The number of aromatic nitrogens is 2. The van der Waals surface area contributed by atoms with Crippen molar-refractivity contribution in [2.24, 2.45) is 0 Å². The van der Waals surface area contributed by atoms with Gasteiger partial charge in [-0.25, -0.2) is 10.9 Å². The maximum absolute atomic E-state index is 12.3. The summed E-state index contributed by atoms with van der Waals surface area (Å²) in [5, 5.41) is 7.14. The molecule has 1 aromatic carbocycles. The minimum atomic E-state index is -0.358. The van der Waals surface area contributed by atoms with Crippen LogP contribution >= 0.6 is 15.9 Å². The van der Waals surface area contributed by atoms with Gasteiger partial charge in [0.2, 0.25) is 5.91 Å². The summed E-state index contributed by atoms with van der Waals surface area (Å²) in [4.78, 5) is 12.3. The van der Waals surface area contributed by atoms with Crippen LogP contribution in [0, 0.1) is 0 Å². The molecule has 0 saturated carbocycles. The van der Waals surface area contributed by atoms with E-state index in [2.05, 4.69) is 49.3 Å². The lowest BCUT2D eigenvalue weighted by Crippen LogP contribution is -2.46. The topological polar surface area (TPSA) is 71.0 Å². The number of hydrogen-bond donors (Lipinski definition) is 3. The smallest absolute Gasteiger partial charge is 0.245 e. The van der Waals surface area contributed by atoms with Crippen LogP contribution in [0.5, 0.6) is 0 Å². The number of hydrogen-bond acceptors (Lipinski definition) is 4. The fraction of sp³-hybridized carbons (Fsp3) is 0.333. The Bertz CT molecular complexity index is 644. The van der Waals surface area contributed by atoms with Gasteiger partial charge in [-0.3, -0.25) is 9.48 Å². The second kappa shape index (κ2) is 6.60. The minimum Gasteiger partial charge on any atom is -0.338 e. The monoisotopic (exact) mass is 363 g/mol. The zero-order valence-electron chi connectivity index (χ0n) is 12.2. The zero-order valence-corrected chi connectivity index (χ0v) is 13.7. The molecule has 1 aliphatic rings. The summed E-state index contributed by atoms with van der Waals surface area (Å²) in [5.74, 6) is -0.0661. The van der Waals surface area contributed by atoms with E-state index >= 15 is 0 Å². The molecule has 0 radical (unpaired) electrons. The molecule has 3 rings (SSSR count). The Labute approximate surface area is 137 Å². The number of halogens is 1. The fourth-order valence-electron chi connectivity index (χ4n) is 2.49. The largest absolute Gasteiger partial charge is 0.338 e. The second-order valence-electron chi connectivity index (χ2n) is 5.36. The van der Waals surface area contributed by atoms with Gasteiger partial charge in [-0.15, -0.1) is 0 Å². The Morgan fingerprint density at radius 3 is 2.86 bits per heavy atom. The van der Waals surface area contributed by atoms with Gasteiger partial charge in [-0.1, -0.05) is 30.3 Å². The molecule has 0 bridgehead atoms. The van der Waals surface area contributed by atoms with Crippen LogP contribution in [0.25, 0.3) is 0 Å². The highest BCUT2D eigenvalue weighted by molar-refractivity contribution is 9.10. The Morgan fingerprint density at radius 2 is 2.18 bits per heavy atom. The quantitative estimate of drug-likeness (QED) is 0.775. The molecular weight excluding hydrogens is 346 g/mol. The van der Waals surface area contributed by atoms with Gasteiger partial charge in [0.1, 0.15) is 6.04 Å². The van der Waals surface area contributed by atoms with Gasteiger partial charge in [0.25, 0.3) is 0 Å². The van der Waals surface area contributed by atoms with Gasteiger partial charge in [0.15, 0.2) is 0 Å². The molecule has 3 atom stereocenters. The number of rotatable bonds is 4. The molecule has 1 aliphatic heterocycles. The van der Waals surface area contributed by atoms with Crippen molar-refractivity contribution in [3.05, 3.63) is 52.8 Å². The van der Waals surface area contributed by atoms with E-state index in [-0.39, 0.29) is 24.2 Å². The number of carbonyl (C=O) groups excluding carboxylic acids is 1. The average Bonchev–Trinajstić information content (AvgIpc) is 3.16. The molecule has 0 aliphatic carbocycles. The van der Waals surface area contributed by atoms with E-state index in [4.69, 9.17) is 0 Å². The van der Waals surface area contributed by atoms with Crippen molar-refractivity contribution in [3.63, 3.8) is 0 Å². The lowest BCUT2D eigenvalue weighted by atomic mass is 10.0. The summed E-state index contributed by atoms with van der Waals surface area (Å²) >= 11 is 3.33. The van der Waals surface area contributed by atoms with Crippen LogP contribution < -0.4 is 16.2 Å². The lowest BCUT2D eigenvalue weighted by molar-refractivity contribution is -0.125. The molecule has 1 aromatic heterocycles. The average molecular weight is 364 g/mol. The highest BCUT2D eigenvalue weighted by Gasteiger charge is 2.27. The van der Waals surface area contributed by atoms with Gasteiger partial charge in [0.05, 0.1) is 16.8 Å². The van der Waals surface area contributed by atoms with E-state index in [0.29, 0.717) is 0 Å². The van der Waals surface area contributed by atoms with Gasteiger partial charge in [0, 0.05) is 18.7 Å². The Hall–Kier alpha value is -1.70. The minimum absolute atomic E-state index is 0.0661. The van der Waals surface area contributed by atoms with Crippen LogP contribution in [0.1, 0.15) is 31.0 Å². The standard InChI is InChI=1S/C15H18BrN5O/c1-10(21-9-12(16)8-17-21)15(22)18-14-7-13(19-20-14)11-5-3-2-4-6-11/h2-6,8-10,13-14,19-20H,7H2,1H3,(H,18,22). The predicted molar refractivity (Wildman–Crippen MR) is 86.6 cm³/mol. The molecular formula is C15H18BrN5O. The van der Waals surface area contributed by atoms with Crippen molar-refractivity contribution in [1.29, 1.82) is 0 Å². The zero-order chi connectivity index (χ0) is 15.5. The molecule has 2 aromatic rings. The van der Waals surface area contributed by atoms with Crippen molar-refractivity contribution in [1.82, 2.24) is 25.9 Å². The summed E-state index contributed by atoms with van der Waals surface area (Å²) in [5.41, 5.74) is 7.55. The summed E-state index contributed by atoms with van der Waals surface area (Å²) in [6.07, 6.45) is 4.16. The number of hydrazine groups is 1. The molecule has 3 N–H and O–H groups in total. The van der Waals surface area contributed by atoms with Gasteiger partial charge >= 0.3 is 0 Å². The summed E-state index contributed by atoms with van der Waals surface area (Å²) in [6.45, 7) is 1.83. The van der Waals surface area contributed by atoms with E-state index in [1.807, 2.05) is 25.1 Å². The van der Waals surface area contributed by atoms with E-state index < -0.39 is 0 Å². The Kier molecular flexibility index (Phi) is 4.56. The van der Waals surface area contributed by atoms with Gasteiger partial charge < -0.3 is 5.32 Å². The third kappa shape index (κ3) is 3.37. The molecule has 6 nitrogen and oxygen atoms in total. The predicted octanol–water partition coefficient (Wildman–Crippen LogP) is 1.89. The van der Waals surface area contributed by atoms with Crippen LogP contribution in [0.15, 0.2) is 47.2 Å². The first kappa shape index (κ1) is 15.2. The number of nitrogens with one attached hydrogen (secondary N) is 3. The van der Waals surface area contributed by atoms with Gasteiger partial charge in [-0.2, -0.15) is 5.10 Å². The number of nitrogens with zero attached hydrogens (tertiary/aromatic N) is 2. The van der Waals surface area contributed by atoms with Crippen LogP contribution in [-0.4, -0.2) is 21.9 Å². The first-order valence-electron chi connectivity index (χ1n) is 7.19. The third-order valence-electron chi connectivity index (χ3n) is 3.77. The Morgan fingerprint density at radius 1 is 1.41 bits per heavy atom. The molecule has 2 heterocycles. The summed E-state index contributed by atoms with van der Waals surface area (Å²) in [7, 11) is 0. The summed E-state index contributed by atoms with van der Waals surface area (Å²) < 4.78 is 2.49. The maximum atomic E-state index is 12.3. The highest BCUT2D eigenvalue weighted by atomic mass is 79.9. The van der Waals surface area contributed by atoms with Crippen LogP contribution in [0.2, 0.25) is 0 Å². The third-order valence-corrected chi connectivity index (χ3v) is 4.18. The van der Waals surface area contributed by atoms with Crippen molar-refractivity contribution < 1.29 is 4.79 Å². The van der Waals surface area contributed by atoms with E-state index in [1.54, 1.807) is 17.1 Å². The fourth-order valence-corrected chi connectivity index (χ4v) is 2.79. The van der Waals surface area contributed by atoms with E-state index in [9.17, 15) is 4.79 Å². The summed E-state index contributed by atoms with van der Waals surface area (Å²) in [6, 6.07) is 10.0. The highest BCUT2D eigenvalue weighted by Crippen LogP contribution is 2.21. The van der Waals surface area contributed by atoms with Crippen LogP contribution in [-0.2, 0) is 4.79 Å². The number of benzene rings is 1. The molecule has 1 saturated heterocycles. The molecule has 1 amide bonds. The van der Waals surface area contributed by atoms with Crippen molar-refractivity contribution in [2.45, 2.75) is 31.6 Å². The van der Waals surface area contributed by atoms with Crippen molar-refractivity contribution in [2.75, 3.05) is 0 Å². The Balaban J connectivity index is 1.57. The molecule has 7 heteroatoms. The number of amides is 1. The van der Waals surface area contributed by atoms with Crippen molar-refractivity contribution >= 4 is 21.8 Å². The van der Waals surface area contributed by atoms with Crippen LogP contribution in [0.3, 0.4) is 0 Å². The van der Waals surface area contributed by atoms with Crippen LogP contribution in [0.4, 0.5) is 0 Å². The molecule has 3 unspecified atom stereocenters. The first-order chi connectivity index (χ1) is 10.6. The second-order valence-corrected chi connectivity index (χ2v) is 6.28. The van der Waals surface area contributed by atoms with E-state index in [1.165, 1.54) is 5.56 Å². The lowest BCUT2D eigenvalue weighted by Gasteiger charge is -2.16. The van der Waals surface area contributed by atoms with E-state index in [0.717, 1.165) is 10.9 Å². The molecule has 1 fully saturated rings. The normalized spacial score (nSPS) is 22.5. The first-order valence-corrected chi connectivity index (χ1v) is 7.99.